The number of para-hydroxylation sites is 2. The van der Waals surface area contributed by atoms with Crippen molar-refractivity contribution in [2.24, 2.45) is 0 Å². The van der Waals surface area contributed by atoms with Crippen molar-refractivity contribution in [2.75, 3.05) is 13.2 Å². The molecule has 5 heteroatoms. The van der Waals surface area contributed by atoms with E-state index in [1.54, 1.807) is 6.92 Å². The molecule has 0 aliphatic rings. The van der Waals surface area contributed by atoms with Gasteiger partial charge in [-0.05, 0) is 19.1 Å². The van der Waals surface area contributed by atoms with E-state index in [-0.39, 0.29) is 0 Å². The number of nitrogens with zero attached hydrogens (tertiary/aromatic N) is 1. The minimum atomic E-state index is -0.413. The Kier molecular flexibility index (Phi) is 3.59. The van der Waals surface area contributed by atoms with Gasteiger partial charge >= 0.3 is 6.09 Å². The molecule has 0 fully saturated rings. The predicted octanol–water partition coefficient (Wildman–Crippen LogP) is 2.12. The van der Waals surface area contributed by atoms with Gasteiger partial charge in [-0.25, -0.2) is 9.78 Å². The first kappa shape index (κ1) is 11.4. The molecule has 0 aliphatic carbocycles. The maximum absolute atomic E-state index is 11.0. The second kappa shape index (κ2) is 5.34. The fraction of sp³-hybridized carbons (Fsp3) is 0.333. The van der Waals surface area contributed by atoms with Crippen molar-refractivity contribution in [1.82, 2.24) is 10.3 Å². The van der Waals surface area contributed by atoms with Crippen LogP contribution in [0, 0.1) is 0 Å². The number of rotatable bonds is 4. The van der Waals surface area contributed by atoms with Gasteiger partial charge < -0.3 is 14.5 Å². The molecule has 1 N–H and O–H groups in total. The average Bonchev–Trinajstić information content (AvgIpc) is 2.71. The second-order valence-corrected chi connectivity index (χ2v) is 3.47. The molecule has 1 aromatic carbocycles. The number of hydrogen-bond donors (Lipinski definition) is 1. The lowest BCUT2D eigenvalue weighted by atomic mass is 10.3. The van der Waals surface area contributed by atoms with Crippen molar-refractivity contribution in [1.29, 1.82) is 0 Å². The average molecular weight is 234 g/mol. The highest BCUT2D eigenvalue weighted by molar-refractivity contribution is 5.72. The van der Waals surface area contributed by atoms with Crippen LogP contribution in [0.5, 0.6) is 0 Å². The Labute approximate surface area is 98.8 Å². The first-order valence-corrected chi connectivity index (χ1v) is 5.54. The molecule has 1 heterocycles. The topological polar surface area (TPSA) is 64.4 Å². The molecule has 0 unspecified atom stereocenters. The summed E-state index contributed by atoms with van der Waals surface area (Å²) in [4.78, 5) is 15.3. The number of alkyl carbamates (subject to hydrolysis) is 1. The monoisotopic (exact) mass is 234 g/mol. The smallest absolute Gasteiger partial charge is 0.407 e. The Hall–Kier alpha value is -2.04. The number of fused-ring (bicyclic) bond motifs is 1. The lowest BCUT2D eigenvalue weighted by molar-refractivity contribution is 0.152. The number of aromatic nitrogens is 1. The van der Waals surface area contributed by atoms with Crippen LogP contribution in [0.4, 0.5) is 4.79 Å². The number of carbonyl (C=O) groups is 1. The van der Waals surface area contributed by atoms with E-state index in [0.29, 0.717) is 25.5 Å². The zero-order valence-corrected chi connectivity index (χ0v) is 9.60. The van der Waals surface area contributed by atoms with Crippen molar-refractivity contribution < 1.29 is 13.9 Å². The quantitative estimate of drug-likeness (QED) is 0.880. The molecule has 0 aliphatic heterocycles. The van der Waals surface area contributed by atoms with Gasteiger partial charge in [-0.15, -0.1) is 0 Å². The van der Waals surface area contributed by atoms with E-state index in [1.807, 2.05) is 24.3 Å². The summed E-state index contributed by atoms with van der Waals surface area (Å²) in [5, 5.41) is 2.62. The molecule has 0 radical (unpaired) electrons. The number of amides is 1. The maximum atomic E-state index is 11.0. The number of hydrogen-bond acceptors (Lipinski definition) is 4. The number of ether oxygens (including phenoxy) is 1. The Morgan fingerprint density at radius 3 is 3.06 bits per heavy atom. The summed E-state index contributed by atoms with van der Waals surface area (Å²) in [6.45, 7) is 2.58. The molecule has 0 saturated heterocycles. The van der Waals surface area contributed by atoms with Gasteiger partial charge in [-0.1, -0.05) is 12.1 Å². The molecule has 0 atom stereocenters. The Bertz CT molecular complexity index is 474. The van der Waals surface area contributed by atoms with Crippen LogP contribution in [0.3, 0.4) is 0 Å². The summed E-state index contributed by atoms with van der Waals surface area (Å²) in [7, 11) is 0. The molecule has 0 saturated carbocycles. The standard InChI is InChI=1S/C12H14N2O3/c1-2-16-12(15)13-8-7-11-14-9-5-3-4-6-10(9)17-11/h3-6H,2,7-8H2,1H3,(H,13,15). The molecule has 1 amide bonds. The summed E-state index contributed by atoms with van der Waals surface area (Å²) in [6, 6.07) is 7.56. The van der Waals surface area contributed by atoms with Crippen LogP contribution in [0.15, 0.2) is 28.7 Å². The van der Waals surface area contributed by atoms with Crippen molar-refractivity contribution >= 4 is 17.2 Å². The SMILES string of the molecule is CCOC(=O)NCCc1nc2ccccc2o1. The third-order valence-electron chi connectivity index (χ3n) is 2.22. The first-order chi connectivity index (χ1) is 8.29. The fourth-order valence-corrected chi connectivity index (χ4v) is 1.48. The Morgan fingerprint density at radius 1 is 1.47 bits per heavy atom. The highest BCUT2D eigenvalue weighted by atomic mass is 16.5. The first-order valence-electron chi connectivity index (χ1n) is 5.54. The van der Waals surface area contributed by atoms with Gasteiger partial charge in [-0.3, -0.25) is 0 Å². The maximum Gasteiger partial charge on any atom is 0.407 e. The molecule has 2 aromatic rings. The summed E-state index contributed by atoms with van der Waals surface area (Å²) in [5.74, 6) is 0.614. The summed E-state index contributed by atoms with van der Waals surface area (Å²) in [5.41, 5.74) is 1.59. The lowest BCUT2D eigenvalue weighted by Gasteiger charge is -2.02. The van der Waals surface area contributed by atoms with Gasteiger partial charge in [0.05, 0.1) is 6.61 Å². The van der Waals surface area contributed by atoms with E-state index in [9.17, 15) is 4.79 Å². The Balaban J connectivity index is 1.89. The molecule has 17 heavy (non-hydrogen) atoms. The van der Waals surface area contributed by atoms with Gasteiger partial charge in [0.1, 0.15) is 5.52 Å². The molecule has 0 spiro atoms. The summed E-state index contributed by atoms with van der Waals surface area (Å²) >= 11 is 0. The fourth-order valence-electron chi connectivity index (χ4n) is 1.48. The van der Waals surface area contributed by atoms with Gasteiger partial charge in [0.25, 0.3) is 0 Å². The van der Waals surface area contributed by atoms with E-state index in [4.69, 9.17) is 9.15 Å². The number of benzene rings is 1. The van der Waals surface area contributed by atoms with E-state index in [1.165, 1.54) is 0 Å². The summed E-state index contributed by atoms with van der Waals surface area (Å²) in [6.07, 6.45) is 0.136. The minimum absolute atomic E-state index is 0.370. The molecule has 1 aromatic heterocycles. The van der Waals surface area contributed by atoms with E-state index in [0.717, 1.165) is 11.1 Å². The van der Waals surface area contributed by atoms with E-state index in [2.05, 4.69) is 10.3 Å². The highest BCUT2D eigenvalue weighted by Gasteiger charge is 2.05. The van der Waals surface area contributed by atoms with E-state index >= 15 is 0 Å². The minimum Gasteiger partial charge on any atom is -0.450 e. The van der Waals surface area contributed by atoms with Crippen LogP contribution < -0.4 is 5.32 Å². The Morgan fingerprint density at radius 2 is 2.29 bits per heavy atom. The van der Waals surface area contributed by atoms with Gasteiger partial charge in [0.2, 0.25) is 0 Å². The zero-order chi connectivity index (χ0) is 12.1. The third kappa shape index (κ3) is 2.96. The van der Waals surface area contributed by atoms with Crippen molar-refractivity contribution in [3.05, 3.63) is 30.2 Å². The van der Waals surface area contributed by atoms with Crippen LogP contribution in [0.25, 0.3) is 11.1 Å². The molecule has 5 nitrogen and oxygen atoms in total. The van der Waals surface area contributed by atoms with Crippen molar-refractivity contribution in [3.8, 4) is 0 Å². The van der Waals surface area contributed by atoms with Gasteiger partial charge in [-0.2, -0.15) is 0 Å². The zero-order valence-electron chi connectivity index (χ0n) is 9.60. The largest absolute Gasteiger partial charge is 0.450 e. The molecule has 0 bridgehead atoms. The number of nitrogens with one attached hydrogen (secondary N) is 1. The predicted molar refractivity (Wildman–Crippen MR) is 62.7 cm³/mol. The van der Waals surface area contributed by atoms with Gasteiger partial charge in [0, 0.05) is 13.0 Å². The van der Waals surface area contributed by atoms with Crippen LogP contribution in [0.1, 0.15) is 12.8 Å². The van der Waals surface area contributed by atoms with Crippen LogP contribution >= 0.6 is 0 Å². The second-order valence-electron chi connectivity index (χ2n) is 3.47. The molecule has 2 rings (SSSR count). The van der Waals surface area contributed by atoms with E-state index < -0.39 is 6.09 Å². The molecular weight excluding hydrogens is 220 g/mol. The van der Waals surface area contributed by atoms with Crippen LogP contribution in [-0.4, -0.2) is 24.2 Å². The molecular formula is C12H14N2O3. The van der Waals surface area contributed by atoms with Crippen molar-refractivity contribution in [3.63, 3.8) is 0 Å². The van der Waals surface area contributed by atoms with Crippen LogP contribution in [-0.2, 0) is 11.2 Å². The number of carbonyl (C=O) groups excluding carboxylic acids is 1. The molecule has 90 valence electrons. The summed E-state index contributed by atoms with van der Waals surface area (Å²) < 4.78 is 10.2. The number of oxazole rings is 1. The van der Waals surface area contributed by atoms with Crippen molar-refractivity contribution in [2.45, 2.75) is 13.3 Å². The third-order valence-corrected chi connectivity index (χ3v) is 2.22. The van der Waals surface area contributed by atoms with Crippen LogP contribution in [0.2, 0.25) is 0 Å². The highest BCUT2D eigenvalue weighted by Crippen LogP contribution is 2.14. The lowest BCUT2D eigenvalue weighted by Crippen LogP contribution is -2.26. The normalized spacial score (nSPS) is 10.4. The van der Waals surface area contributed by atoms with Gasteiger partial charge in [0.15, 0.2) is 11.5 Å².